The maximum atomic E-state index is 10.7. The van der Waals surface area contributed by atoms with E-state index in [9.17, 15) is 5.11 Å². The van der Waals surface area contributed by atoms with Crippen LogP contribution in [0.3, 0.4) is 0 Å². The van der Waals surface area contributed by atoms with E-state index in [1.165, 1.54) is 6.42 Å². The third-order valence-electron chi connectivity index (χ3n) is 6.25. The van der Waals surface area contributed by atoms with E-state index in [1.807, 2.05) is 60.7 Å². The second-order valence-electron chi connectivity index (χ2n) is 9.01. The van der Waals surface area contributed by atoms with Gasteiger partial charge in [-0.2, -0.15) is 0 Å². The molecule has 1 N–H and O–H groups in total. The van der Waals surface area contributed by atoms with Crippen LogP contribution in [0.15, 0.2) is 72.8 Å². The Morgan fingerprint density at radius 2 is 1.57 bits per heavy atom. The second-order valence-corrected chi connectivity index (χ2v) is 10.2. The van der Waals surface area contributed by atoms with Crippen LogP contribution in [0, 0.1) is 5.92 Å². The fourth-order valence-electron chi connectivity index (χ4n) is 4.22. The summed E-state index contributed by atoms with van der Waals surface area (Å²) in [6, 6.07) is 20.1. The van der Waals surface area contributed by atoms with Gasteiger partial charge in [-0.3, -0.25) is 0 Å². The van der Waals surface area contributed by atoms with E-state index in [0.29, 0.717) is 13.2 Å². The predicted molar refractivity (Wildman–Crippen MR) is 142 cm³/mol. The monoisotopic (exact) mass is 546 g/mol. The molecule has 0 radical (unpaired) electrons. The summed E-state index contributed by atoms with van der Waals surface area (Å²) in [7, 11) is 0. The molecule has 1 unspecified atom stereocenters. The Morgan fingerprint density at radius 3 is 2.20 bits per heavy atom. The standard InChI is InChI=1S/C29H39BrO5/c1-2-3-6-15-25(34-21-32-19-23-11-7-4-8-12-23)16-17-26-28(18-27(30)29(26)31)35-22-33-20-24-13-9-5-10-14-24/h4-5,7-14,16-17,25-29,31H,2-3,6,15,18-22H2,1H3/b17-16+/t25?,26-,27+,28+,29+/m0/s1. The lowest BCUT2D eigenvalue weighted by Crippen LogP contribution is -2.26. The van der Waals surface area contributed by atoms with Gasteiger partial charge in [-0.15, -0.1) is 0 Å². The fraction of sp³-hybridized carbons (Fsp3) is 0.517. The predicted octanol–water partition coefficient (Wildman–Crippen LogP) is 6.39. The summed E-state index contributed by atoms with van der Waals surface area (Å²) in [5, 5.41) is 10.7. The van der Waals surface area contributed by atoms with Gasteiger partial charge in [0.2, 0.25) is 0 Å². The molecule has 5 nitrogen and oxygen atoms in total. The third-order valence-corrected chi connectivity index (χ3v) is 7.16. The molecule has 0 heterocycles. The maximum Gasteiger partial charge on any atom is 0.147 e. The fourth-order valence-corrected chi connectivity index (χ4v) is 4.94. The molecule has 0 aromatic heterocycles. The van der Waals surface area contributed by atoms with Crippen molar-refractivity contribution in [3.05, 3.63) is 83.9 Å². The van der Waals surface area contributed by atoms with Gasteiger partial charge in [0, 0.05) is 10.7 Å². The number of halogens is 1. The van der Waals surface area contributed by atoms with E-state index in [2.05, 4.69) is 35.0 Å². The zero-order chi connectivity index (χ0) is 24.7. The first-order valence-electron chi connectivity index (χ1n) is 12.6. The molecule has 0 aliphatic heterocycles. The Morgan fingerprint density at radius 1 is 0.943 bits per heavy atom. The lowest BCUT2D eigenvalue weighted by atomic mass is 10.0. The number of hydrogen-bond acceptors (Lipinski definition) is 5. The van der Waals surface area contributed by atoms with Gasteiger partial charge in [-0.25, -0.2) is 0 Å². The maximum absolute atomic E-state index is 10.7. The number of alkyl halides is 1. The molecule has 1 aliphatic carbocycles. The normalized spacial score (nSPS) is 23.2. The average molecular weight is 548 g/mol. The number of rotatable bonds is 16. The summed E-state index contributed by atoms with van der Waals surface area (Å²) in [5.41, 5.74) is 2.24. The average Bonchev–Trinajstić information content (AvgIpc) is 3.16. The molecule has 0 amide bonds. The first kappa shape index (κ1) is 28.0. The smallest absolute Gasteiger partial charge is 0.147 e. The van der Waals surface area contributed by atoms with Crippen LogP contribution in [0.25, 0.3) is 0 Å². The minimum Gasteiger partial charge on any atom is -0.391 e. The van der Waals surface area contributed by atoms with Gasteiger partial charge < -0.3 is 24.1 Å². The Labute approximate surface area is 218 Å². The molecule has 6 heteroatoms. The highest BCUT2D eigenvalue weighted by Gasteiger charge is 2.40. The van der Waals surface area contributed by atoms with Gasteiger partial charge in [-0.1, -0.05) is 115 Å². The molecular weight excluding hydrogens is 508 g/mol. The van der Waals surface area contributed by atoms with Crippen molar-refractivity contribution in [2.24, 2.45) is 5.92 Å². The zero-order valence-electron chi connectivity index (χ0n) is 20.6. The van der Waals surface area contributed by atoms with Crippen LogP contribution < -0.4 is 0 Å². The van der Waals surface area contributed by atoms with Gasteiger partial charge in [0.25, 0.3) is 0 Å². The molecule has 0 bridgehead atoms. The molecule has 0 saturated heterocycles. The first-order valence-corrected chi connectivity index (χ1v) is 13.6. The van der Waals surface area contributed by atoms with E-state index in [0.717, 1.165) is 36.8 Å². The van der Waals surface area contributed by atoms with Gasteiger partial charge in [0.15, 0.2) is 0 Å². The van der Waals surface area contributed by atoms with Crippen molar-refractivity contribution < 1.29 is 24.1 Å². The first-order chi connectivity index (χ1) is 17.2. The quantitative estimate of drug-likeness (QED) is 0.114. The topological polar surface area (TPSA) is 57.2 Å². The highest BCUT2D eigenvalue weighted by atomic mass is 79.9. The molecule has 1 fully saturated rings. The molecule has 3 rings (SSSR count). The molecule has 2 aromatic carbocycles. The minimum atomic E-state index is -0.518. The number of benzene rings is 2. The van der Waals surface area contributed by atoms with Crippen LogP contribution in [0.2, 0.25) is 0 Å². The van der Waals surface area contributed by atoms with Crippen molar-refractivity contribution in [2.75, 3.05) is 13.6 Å². The van der Waals surface area contributed by atoms with Gasteiger partial charge >= 0.3 is 0 Å². The second kappa shape index (κ2) is 16.3. The summed E-state index contributed by atoms with van der Waals surface area (Å²) in [6.07, 6.45) is 8.49. The third kappa shape index (κ3) is 10.2. The lowest BCUT2D eigenvalue weighted by Gasteiger charge is -2.21. The Balaban J connectivity index is 1.48. The molecular formula is C29H39BrO5. The van der Waals surface area contributed by atoms with Crippen LogP contribution in [0.5, 0.6) is 0 Å². The van der Waals surface area contributed by atoms with Crippen LogP contribution in [-0.2, 0) is 32.2 Å². The summed E-state index contributed by atoms with van der Waals surface area (Å²) in [4.78, 5) is -0.00932. The largest absolute Gasteiger partial charge is 0.391 e. The van der Waals surface area contributed by atoms with Crippen molar-refractivity contribution in [2.45, 2.75) is 75.4 Å². The van der Waals surface area contributed by atoms with E-state index in [4.69, 9.17) is 18.9 Å². The van der Waals surface area contributed by atoms with Crippen LogP contribution in [0.1, 0.15) is 50.2 Å². The van der Waals surface area contributed by atoms with Gasteiger partial charge in [0.1, 0.15) is 13.6 Å². The molecule has 1 aliphatic rings. The van der Waals surface area contributed by atoms with Crippen LogP contribution in [0.4, 0.5) is 0 Å². The van der Waals surface area contributed by atoms with Crippen molar-refractivity contribution in [1.29, 1.82) is 0 Å². The van der Waals surface area contributed by atoms with E-state index < -0.39 is 6.10 Å². The van der Waals surface area contributed by atoms with E-state index in [1.54, 1.807) is 0 Å². The Bertz CT molecular complexity index is 831. The highest BCUT2D eigenvalue weighted by Crippen LogP contribution is 2.35. The molecule has 1 saturated carbocycles. The van der Waals surface area contributed by atoms with Crippen LogP contribution in [-0.4, -0.2) is 41.8 Å². The number of aliphatic hydroxyl groups is 1. The summed E-state index contributed by atoms with van der Waals surface area (Å²) in [6.45, 7) is 3.65. The summed E-state index contributed by atoms with van der Waals surface area (Å²) < 4.78 is 23.5. The molecule has 192 valence electrons. The molecule has 2 aromatic rings. The molecule has 0 spiro atoms. The summed E-state index contributed by atoms with van der Waals surface area (Å²) in [5.74, 6) is -0.123. The van der Waals surface area contributed by atoms with E-state index in [-0.39, 0.29) is 36.5 Å². The van der Waals surface area contributed by atoms with Crippen molar-refractivity contribution in [1.82, 2.24) is 0 Å². The number of hydrogen-bond donors (Lipinski definition) is 1. The van der Waals surface area contributed by atoms with Crippen LogP contribution >= 0.6 is 15.9 Å². The number of ether oxygens (including phenoxy) is 4. The van der Waals surface area contributed by atoms with Crippen molar-refractivity contribution >= 4 is 15.9 Å². The number of aliphatic hydroxyl groups excluding tert-OH is 1. The van der Waals surface area contributed by atoms with Crippen molar-refractivity contribution in [3.8, 4) is 0 Å². The molecule has 35 heavy (non-hydrogen) atoms. The van der Waals surface area contributed by atoms with Gasteiger partial charge in [0.05, 0.1) is 31.5 Å². The van der Waals surface area contributed by atoms with Gasteiger partial charge in [-0.05, 0) is 24.0 Å². The number of unbranched alkanes of at least 4 members (excludes halogenated alkanes) is 2. The van der Waals surface area contributed by atoms with E-state index >= 15 is 0 Å². The van der Waals surface area contributed by atoms with Crippen molar-refractivity contribution in [3.63, 3.8) is 0 Å². The summed E-state index contributed by atoms with van der Waals surface area (Å²) >= 11 is 3.61. The lowest BCUT2D eigenvalue weighted by molar-refractivity contribution is -0.106. The zero-order valence-corrected chi connectivity index (χ0v) is 22.2. The minimum absolute atomic E-state index is 0.00932. The Kier molecular flexibility index (Phi) is 13.0. The highest BCUT2D eigenvalue weighted by molar-refractivity contribution is 9.09. The molecule has 5 atom stereocenters. The Hall–Kier alpha value is -1.54. The SMILES string of the molecule is CCCCCC(/C=C/[C@@H]1[C@@H](O)[C@H](Br)C[C@H]1OCOCc1ccccc1)OCOCc1ccccc1.